The Morgan fingerprint density at radius 3 is 2.85 bits per heavy atom. The highest BCUT2D eigenvalue weighted by atomic mass is 16.7. The lowest BCUT2D eigenvalue weighted by molar-refractivity contribution is 0.174. The molecule has 0 radical (unpaired) electrons. The van der Waals surface area contributed by atoms with Crippen LogP contribution in [0.5, 0.6) is 11.5 Å². The van der Waals surface area contributed by atoms with Gasteiger partial charge in [-0.05, 0) is 48.6 Å². The summed E-state index contributed by atoms with van der Waals surface area (Å²) < 4.78 is 10.8. The molecule has 6 heteroatoms. The molecule has 2 heterocycles. The van der Waals surface area contributed by atoms with E-state index < -0.39 is 0 Å². The zero-order valence-corrected chi connectivity index (χ0v) is 15.4. The summed E-state index contributed by atoms with van der Waals surface area (Å²) in [7, 11) is 0. The summed E-state index contributed by atoms with van der Waals surface area (Å²) in [5.41, 5.74) is 3.45. The van der Waals surface area contributed by atoms with Crippen molar-refractivity contribution in [3.63, 3.8) is 0 Å². The molecule has 27 heavy (non-hydrogen) atoms. The fourth-order valence-corrected chi connectivity index (χ4v) is 3.15. The van der Waals surface area contributed by atoms with Crippen LogP contribution >= 0.6 is 0 Å². The van der Waals surface area contributed by atoms with Gasteiger partial charge in [-0.2, -0.15) is 0 Å². The molecule has 3 N–H and O–H groups in total. The van der Waals surface area contributed by atoms with E-state index in [0.717, 1.165) is 48.2 Å². The van der Waals surface area contributed by atoms with Crippen LogP contribution in [0, 0.1) is 0 Å². The number of benzene rings is 2. The SMILES string of the molecule is CCNC(=NCc1cc2ccccc2[nH]1)NCCc1ccc2c(c1)OCO2. The molecule has 6 nitrogen and oxygen atoms in total. The van der Waals surface area contributed by atoms with Gasteiger partial charge in [0.15, 0.2) is 17.5 Å². The van der Waals surface area contributed by atoms with E-state index in [1.165, 1.54) is 10.9 Å². The van der Waals surface area contributed by atoms with Crippen molar-refractivity contribution < 1.29 is 9.47 Å². The van der Waals surface area contributed by atoms with Crippen molar-refractivity contribution in [1.29, 1.82) is 0 Å². The molecule has 0 amide bonds. The number of aromatic amines is 1. The monoisotopic (exact) mass is 364 g/mol. The second-order valence-corrected chi connectivity index (χ2v) is 6.44. The molecule has 2 aromatic carbocycles. The number of aromatic nitrogens is 1. The van der Waals surface area contributed by atoms with Crippen LogP contribution in [-0.4, -0.2) is 30.8 Å². The Morgan fingerprint density at radius 1 is 1.07 bits per heavy atom. The van der Waals surface area contributed by atoms with Crippen molar-refractivity contribution in [2.75, 3.05) is 19.9 Å². The molecule has 4 rings (SSSR count). The number of para-hydroxylation sites is 1. The van der Waals surface area contributed by atoms with E-state index in [0.29, 0.717) is 13.3 Å². The van der Waals surface area contributed by atoms with Crippen molar-refractivity contribution in [1.82, 2.24) is 15.6 Å². The molecule has 0 unspecified atom stereocenters. The van der Waals surface area contributed by atoms with Crippen LogP contribution in [0.1, 0.15) is 18.2 Å². The standard InChI is InChI=1S/C21H24N4O2/c1-2-22-21(24-13-17-12-16-5-3-4-6-18(16)25-17)23-10-9-15-7-8-19-20(11-15)27-14-26-19/h3-8,11-12,25H,2,9-10,13-14H2,1H3,(H2,22,23,24). The summed E-state index contributed by atoms with van der Waals surface area (Å²) in [6.45, 7) is 4.59. The molecule has 0 bridgehead atoms. The average molecular weight is 364 g/mol. The third-order valence-electron chi connectivity index (χ3n) is 4.48. The van der Waals surface area contributed by atoms with Crippen LogP contribution in [0.4, 0.5) is 0 Å². The predicted octanol–water partition coefficient (Wildman–Crippen LogP) is 3.19. The first-order valence-electron chi connectivity index (χ1n) is 9.29. The van der Waals surface area contributed by atoms with Crippen molar-refractivity contribution >= 4 is 16.9 Å². The number of hydrogen-bond acceptors (Lipinski definition) is 3. The predicted molar refractivity (Wildman–Crippen MR) is 107 cm³/mol. The van der Waals surface area contributed by atoms with E-state index in [1.807, 2.05) is 24.3 Å². The van der Waals surface area contributed by atoms with Gasteiger partial charge in [0.25, 0.3) is 0 Å². The number of guanidine groups is 1. The largest absolute Gasteiger partial charge is 0.454 e. The van der Waals surface area contributed by atoms with Crippen LogP contribution in [-0.2, 0) is 13.0 Å². The van der Waals surface area contributed by atoms with Gasteiger partial charge >= 0.3 is 0 Å². The molecule has 0 atom stereocenters. The Bertz CT molecular complexity index is 915. The maximum Gasteiger partial charge on any atom is 0.231 e. The van der Waals surface area contributed by atoms with Gasteiger partial charge in [-0.1, -0.05) is 24.3 Å². The molecule has 0 spiro atoms. The maximum atomic E-state index is 5.44. The lowest BCUT2D eigenvalue weighted by Crippen LogP contribution is -2.38. The van der Waals surface area contributed by atoms with Crippen molar-refractivity contribution in [2.24, 2.45) is 4.99 Å². The highest BCUT2D eigenvalue weighted by Crippen LogP contribution is 2.32. The second-order valence-electron chi connectivity index (χ2n) is 6.44. The highest BCUT2D eigenvalue weighted by molar-refractivity contribution is 5.81. The number of ether oxygens (including phenoxy) is 2. The number of rotatable bonds is 6. The van der Waals surface area contributed by atoms with Crippen LogP contribution in [0.2, 0.25) is 0 Å². The minimum Gasteiger partial charge on any atom is -0.454 e. The minimum absolute atomic E-state index is 0.308. The summed E-state index contributed by atoms with van der Waals surface area (Å²) in [5, 5.41) is 7.90. The lowest BCUT2D eigenvalue weighted by atomic mass is 10.1. The third-order valence-corrected chi connectivity index (χ3v) is 4.48. The summed E-state index contributed by atoms with van der Waals surface area (Å²) in [6.07, 6.45) is 0.882. The van der Waals surface area contributed by atoms with E-state index in [2.05, 4.69) is 51.8 Å². The summed E-state index contributed by atoms with van der Waals surface area (Å²) in [6, 6.07) is 16.5. The van der Waals surface area contributed by atoms with Crippen LogP contribution in [0.25, 0.3) is 10.9 Å². The zero-order valence-electron chi connectivity index (χ0n) is 15.4. The van der Waals surface area contributed by atoms with E-state index in [9.17, 15) is 0 Å². The molecule has 1 aliphatic heterocycles. The van der Waals surface area contributed by atoms with Gasteiger partial charge in [0.05, 0.1) is 6.54 Å². The topological polar surface area (TPSA) is 70.7 Å². The average Bonchev–Trinajstić information content (AvgIpc) is 3.31. The van der Waals surface area contributed by atoms with E-state index >= 15 is 0 Å². The van der Waals surface area contributed by atoms with Gasteiger partial charge in [-0.25, -0.2) is 4.99 Å². The number of fused-ring (bicyclic) bond motifs is 2. The molecule has 0 saturated carbocycles. The van der Waals surface area contributed by atoms with Crippen LogP contribution in [0.3, 0.4) is 0 Å². The first-order valence-corrected chi connectivity index (χ1v) is 9.29. The van der Waals surface area contributed by atoms with E-state index in [-0.39, 0.29) is 0 Å². The molecule has 140 valence electrons. The Kier molecular flexibility index (Phi) is 5.14. The molecule has 3 aromatic rings. The fraction of sp³-hybridized carbons (Fsp3) is 0.286. The van der Waals surface area contributed by atoms with Gasteiger partial charge in [-0.3, -0.25) is 0 Å². The Balaban J connectivity index is 1.35. The molecular weight excluding hydrogens is 340 g/mol. The number of nitrogens with one attached hydrogen (secondary N) is 3. The van der Waals surface area contributed by atoms with Gasteiger partial charge in [0, 0.05) is 24.3 Å². The van der Waals surface area contributed by atoms with Crippen molar-refractivity contribution in [2.45, 2.75) is 19.9 Å². The van der Waals surface area contributed by atoms with Crippen LogP contribution in [0.15, 0.2) is 53.5 Å². The summed E-state index contributed by atoms with van der Waals surface area (Å²) in [4.78, 5) is 8.10. The third kappa shape index (κ3) is 4.16. The van der Waals surface area contributed by atoms with Gasteiger partial charge in [0.1, 0.15) is 0 Å². The molecule has 0 aliphatic carbocycles. The van der Waals surface area contributed by atoms with Gasteiger partial charge in [0.2, 0.25) is 6.79 Å². The molecule has 1 aliphatic rings. The van der Waals surface area contributed by atoms with Gasteiger partial charge in [-0.15, -0.1) is 0 Å². The number of H-pyrrole nitrogens is 1. The summed E-state index contributed by atoms with van der Waals surface area (Å²) >= 11 is 0. The number of hydrogen-bond donors (Lipinski definition) is 3. The quantitative estimate of drug-likeness (QED) is 0.464. The molecule has 0 fully saturated rings. The maximum absolute atomic E-state index is 5.44. The zero-order chi connectivity index (χ0) is 18.5. The van der Waals surface area contributed by atoms with E-state index in [1.54, 1.807) is 0 Å². The highest BCUT2D eigenvalue weighted by Gasteiger charge is 2.12. The molecular formula is C21H24N4O2. The first-order chi connectivity index (χ1) is 13.3. The van der Waals surface area contributed by atoms with E-state index in [4.69, 9.17) is 9.47 Å². The molecule has 0 saturated heterocycles. The number of nitrogens with zero attached hydrogens (tertiary/aromatic N) is 1. The second kappa shape index (κ2) is 8.03. The minimum atomic E-state index is 0.308. The lowest BCUT2D eigenvalue weighted by Gasteiger charge is -2.11. The molecule has 1 aromatic heterocycles. The van der Waals surface area contributed by atoms with Crippen molar-refractivity contribution in [3.8, 4) is 11.5 Å². The van der Waals surface area contributed by atoms with Gasteiger partial charge < -0.3 is 25.1 Å². The van der Waals surface area contributed by atoms with Crippen molar-refractivity contribution in [3.05, 3.63) is 59.8 Å². The fourth-order valence-electron chi connectivity index (χ4n) is 3.15. The number of aliphatic imine (C=N–C) groups is 1. The Hall–Kier alpha value is -3.15. The Labute approximate surface area is 158 Å². The Morgan fingerprint density at radius 2 is 1.96 bits per heavy atom. The first kappa shape index (κ1) is 17.3. The summed E-state index contributed by atoms with van der Waals surface area (Å²) in [5.74, 6) is 2.46. The normalized spacial score (nSPS) is 13.1. The smallest absolute Gasteiger partial charge is 0.231 e. The van der Waals surface area contributed by atoms with Crippen LogP contribution < -0.4 is 20.1 Å².